The molecular formula is C20H27N5O8. The molecule has 1 rings (SSSR count). The predicted molar refractivity (Wildman–Crippen MR) is 114 cm³/mol. The second-order valence-electron chi connectivity index (χ2n) is 7.02. The maximum atomic E-state index is 12.6. The van der Waals surface area contributed by atoms with Gasteiger partial charge in [-0.15, -0.1) is 0 Å². The summed E-state index contributed by atoms with van der Waals surface area (Å²) in [4.78, 5) is 70.0. The summed E-state index contributed by atoms with van der Waals surface area (Å²) in [7, 11) is 0. The van der Waals surface area contributed by atoms with Gasteiger partial charge in [-0.25, -0.2) is 4.79 Å². The first-order valence-electron chi connectivity index (χ1n) is 9.88. The number of carboxylic acid groups (broad SMARTS) is 2. The first-order valence-corrected chi connectivity index (χ1v) is 9.88. The first kappa shape index (κ1) is 27.0. The van der Waals surface area contributed by atoms with Gasteiger partial charge in [-0.05, 0) is 12.5 Å². The van der Waals surface area contributed by atoms with Gasteiger partial charge in [-0.1, -0.05) is 30.3 Å². The lowest BCUT2D eigenvalue weighted by atomic mass is 10.0. The molecule has 33 heavy (non-hydrogen) atoms. The fourth-order valence-corrected chi connectivity index (χ4v) is 2.63. The topological polar surface area (TPSA) is 217 Å². The van der Waals surface area contributed by atoms with Crippen molar-refractivity contribution >= 4 is 35.6 Å². The molecule has 0 fully saturated rings. The van der Waals surface area contributed by atoms with Crippen LogP contribution in [-0.4, -0.2) is 77.0 Å². The maximum Gasteiger partial charge on any atom is 0.326 e. The zero-order chi connectivity index (χ0) is 25.0. The van der Waals surface area contributed by atoms with E-state index in [0.29, 0.717) is 0 Å². The molecule has 180 valence electrons. The highest BCUT2D eigenvalue weighted by molar-refractivity contribution is 5.94. The van der Waals surface area contributed by atoms with Gasteiger partial charge in [-0.2, -0.15) is 0 Å². The summed E-state index contributed by atoms with van der Waals surface area (Å²) in [5.41, 5.74) is 6.06. The van der Waals surface area contributed by atoms with Gasteiger partial charge < -0.3 is 37.2 Å². The average molecular weight is 465 g/mol. The molecule has 0 saturated heterocycles. The van der Waals surface area contributed by atoms with Gasteiger partial charge in [0.05, 0.1) is 19.5 Å². The second kappa shape index (κ2) is 13.4. The summed E-state index contributed by atoms with van der Waals surface area (Å²) < 4.78 is 0. The van der Waals surface area contributed by atoms with Crippen molar-refractivity contribution in [2.24, 2.45) is 5.73 Å². The number of rotatable bonds is 13. The smallest absolute Gasteiger partial charge is 0.326 e. The highest BCUT2D eigenvalue weighted by atomic mass is 16.4. The van der Waals surface area contributed by atoms with Gasteiger partial charge in [0.1, 0.15) is 18.1 Å². The van der Waals surface area contributed by atoms with Crippen LogP contribution in [0.4, 0.5) is 0 Å². The molecule has 0 aliphatic carbocycles. The van der Waals surface area contributed by atoms with Crippen molar-refractivity contribution in [2.75, 3.05) is 13.1 Å². The van der Waals surface area contributed by atoms with Gasteiger partial charge >= 0.3 is 11.9 Å². The minimum absolute atomic E-state index is 0.148. The van der Waals surface area contributed by atoms with Crippen LogP contribution >= 0.6 is 0 Å². The number of benzene rings is 1. The van der Waals surface area contributed by atoms with Crippen molar-refractivity contribution in [2.45, 2.75) is 37.9 Å². The normalized spacial score (nSPS) is 13.0. The van der Waals surface area contributed by atoms with Crippen LogP contribution in [0.1, 0.15) is 18.9 Å². The van der Waals surface area contributed by atoms with Crippen molar-refractivity contribution in [3.05, 3.63) is 35.9 Å². The summed E-state index contributed by atoms with van der Waals surface area (Å²) in [5, 5.41) is 26.7. The van der Waals surface area contributed by atoms with E-state index < -0.39 is 66.7 Å². The summed E-state index contributed by atoms with van der Waals surface area (Å²) in [6, 6.07) is 5.08. The van der Waals surface area contributed by atoms with Crippen molar-refractivity contribution in [3.8, 4) is 0 Å². The number of nitrogens with one attached hydrogen (secondary N) is 4. The van der Waals surface area contributed by atoms with E-state index in [1.165, 1.54) is 6.92 Å². The Morgan fingerprint density at radius 1 is 0.879 bits per heavy atom. The number of nitrogens with two attached hydrogens (primary N) is 1. The highest BCUT2D eigenvalue weighted by Gasteiger charge is 2.26. The molecule has 0 unspecified atom stereocenters. The highest BCUT2D eigenvalue weighted by Crippen LogP contribution is 2.04. The number of hydrogen-bond donors (Lipinski definition) is 7. The Morgan fingerprint density at radius 2 is 1.48 bits per heavy atom. The summed E-state index contributed by atoms with van der Waals surface area (Å²) >= 11 is 0. The molecule has 0 aromatic heterocycles. The molecule has 8 N–H and O–H groups in total. The van der Waals surface area contributed by atoms with Crippen molar-refractivity contribution in [3.63, 3.8) is 0 Å². The standard InChI is InChI=1S/C20H27N5O8/c1-11(18(30)22-10-16(27)25-14(20(32)33)8-17(28)29)23-19(31)13(24-15(26)9-21)7-12-5-3-2-4-6-12/h2-6,11,13-14H,7-10,21H2,1H3,(H,22,30)(H,23,31)(H,24,26)(H,25,27)(H,28,29)(H,32,33)/t11-,13-,14-/m0/s1. The fourth-order valence-electron chi connectivity index (χ4n) is 2.63. The molecule has 0 radical (unpaired) electrons. The number of amides is 4. The Morgan fingerprint density at radius 3 is 2.03 bits per heavy atom. The van der Waals surface area contributed by atoms with Gasteiger partial charge in [0.2, 0.25) is 23.6 Å². The molecule has 0 heterocycles. The lowest BCUT2D eigenvalue weighted by Gasteiger charge is -2.21. The second-order valence-corrected chi connectivity index (χ2v) is 7.02. The van der Waals surface area contributed by atoms with Crippen LogP contribution in [-0.2, 0) is 35.2 Å². The Labute approximate surface area is 189 Å². The third-order valence-electron chi connectivity index (χ3n) is 4.31. The van der Waals surface area contributed by atoms with Crippen molar-refractivity contribution in [1.29, 1.82) is 0 Å². The quantitative estimate of drug-likeness (QED) is 0.161. The number of carboxylic acids is 2. The molecule has 0 bridgehead atoms. The van der Waals surface area contributed by atoms with Crippen LogP contribution in [0.2, 0.25) is 0 Å². The van der Waals surface area contributed by atoms with E-state index in [2.05, 4.69) is 16.0 Å². The molecule has 1 aromatic rings. The van der Waals surface area contributed by atoms with E-state index in [4.69, 9.17) is 15.9 Å². The first-order chi connectivity index (χ1) is 15.5. The number of aliphatic carboxylic acids is 2. The lowest BCUT2D eigenvalue weighted by molar-refractivity contribution is -0.147. The number of carbonyl (C=O) groups excluding carboxylic acids is 4. The Kier molecular flexibility index (Phi) is 11.0. The Balaban J connectivity index is 2.65. The largest absolute Gasteiger partial charge is 0.481 e. The molecule has 0 spiro atoms. The third kappa shape index (κ3) is 10.2. The SMILES string of the molecule is C[C@H](NC(=O)[C@H](Cc1ccccc1)NC(=O)CN)C(=O)NCC(=O)N[C@@H](CC(=O)O)C(=O)O. The van der Waals surface area contributed by atoms with Gasteiger partial charge in [0.25, 0.3) is 0 Å². The average Bonchev–Trinajstić information content (AvgIpc) is 2.76. The molecule has 0 aliphatic rings. The van der Waals surface area contributed by atoms with Crippen molar-refractivity contribution in [1.82, 2.24) is 21.3 Å². The Bertz CT molecular complexity index is 876. The van der Waals surface area contributed by atoms with Crippen LogP contribution in [0.25, 0.3) is 0 Å². The molecular weight excluding hydrogens is 438 g/mol. The monoisotopic (exact) mass is 465 g/mol. The molecule has 1 aromatic carbocycles. The lowest BCUT2D eigenvalue weighted by Crippen LogP contribution is -2.55. The van der Waals surface area contributed by atoms with Gasteiger partial charge in [0.15, 0.2) is 0 Å². The minimum Gasteiger partial charge on any atom is -0.481 e. The zero-order valence-electron chi connectivity index (χ0n) is 17.9. The van der Waals surface area contributed by atoms with E-state index in [9.17, 15) is 28.8 Å². The van der Waals surface area contributed by atoms with Gasteiger partial charge in [-0.3, -0.25) is 24.0 Å². The fraction of sp³-hybridized carbons (Fsp3) is 0.400. The van der Waals surface area contributed by atoms with Gasteiger partial charge in [0, 0.05) is 6.42 Å². The van der Waals surface area contributed by atoms with E-state index in [1.807, 2.05) is 5.32 Å². The maximum absolute atomic E-state index is 12.6. The van der Waals surface area contributed by atoms with E-state index in [0.717, 1.165) is 5.56 Å². The summed E-state index contributed by atoms with van der Waals surface area (Å²) in [6.45, 7) is 0.378. The minimum atomic E-state index is -1.66. The van der Waals surface area contributed by atoms with Crippen LogP contribution in [0, 0.1) is 0 Å². The van der Waals surface area contributed by atoms with Crippen molar-refractivity contribution < 1.29 is 39.0 Å². The molecule has 0 aliphatic heterocycles. The molecule has 3 atom stereocenters. The van der Waals surface area contributed by atoms with E-state index in [-0.39, 0.29) is 13.0 Å². The number of hydrogen-bond acceptors (Lipinski definition) is 7. The summed E-state index contributed by atoms with van der Waals surface area (Å²) in [6.07, 6.45) is -0.686. The Hall–Kier alpha value is -4.00. The van der Waals surface area contributed by atoms with E-state index >= 15 is 0 Å². The zero-order valence-corrected chi connectivity index (χ0v) is 17.9. The van der Waals surface area contributed by atoms with Crippen LogP contribution < -0.4 is 27.0 Å². The predicted octanol–water partition coefficient (Wildman–Crippen LogP) is -2.66. The molecule has 4 amide bonds. The third-order valence-corrected chi connectivity index (χ3v) is 4.31. The van der Waals surface area contributed by atoms with Crippen LogP contribution in [0.15, 0.2) is 30.3 Å². The molecule has 0 saturated carbocycles. The van der Waals surface area contributed by atoms with Crippen LogP contribution in [0.3, 0.4) is 0 Å². The summed E-state index contributed by atoms with van der Waals surface area (Å²) in [5.74, 6) is -5.86. The van der Waals surface area contributed by atoms with Crippen LogP contribution in [0.5, 0.6) is 0 Å². The number of carbonyl (C=O) groups is 6. The van der Waals surface area contributed by atoms with E-state index in [1.54, 1.807) is 30.3 Å². The molecule has 13 heteroatoms. The molecule has 13 nitrogen and oxygen atoms in total.